The number of hydrogen-bond donors (Lipinski definition) is 0. The SMILES string of the molecule is Cc1c(C#N)c(-c2ccc(CN(C)C)cc2)nc2ccccc12. The third-order valence-corrected chi connectivity index (χ3v) is 3.99. The van der Waals surface area contributed by atoms with Crippen molar-refractivity contribution >= 4 is 10.9 Å². The molecule has 0 atom stereocenters. The fraction of sp³-hybridized carbons (Fsp3) is 0.200. The van der Waals surface area contributed by atoms with Gasteiger partial charge in [0.05, 0.1) is 16.8 Å². The van der Waals surface area contributed by atoms with Crippen LogP contribution in [0.4, 0.5) is 0 Å². The molecule has 3 nitrogen and oxygen atoms in total. The summed E-state index contributed by atoms with van der Waals surface area (Å²) in [4.78, 5) is 6.87. The fourth-order valence-electron chi connectivity index (χ4n) is 2.86. The maximum Gasteiger partial charge on any atom is 0.102 e. The van der Waals surface area contributed by atoms with Crippen LogP contribution in [0.2, 0.25) is 0 Å². The van der Waals surface area contributed by atoms with Crippen molar-refractivity contribution in [2.24, 2.45) is 0 Å². The molecule has 3 rings (SSSR count). The lowest BCUT2D eigenvalue weighted by Crippen LogP contribution is -2.10. The van der Waals surface area contributed by atoms with E-state index in [0.29, 0.717) is 5.56 Å². The molecule has 0 saturated carbocycles. The van der Waals surface area contributed by atoms with E-state index in [1.807, 2.05) is 31.2 Å². The highest BCUT2D eigenvalue weighted by Crippen LogP contribution is 2.29. The van der Waals surface area contributed by atoms with E-state index in [9.17, 15) is 5.26 Å². The van der Waals surface area contributed by atoms with Crippen LogP contribution in [0.25, 0.3) is 22.2 Å². The highest BCUT2D eigenvalue weighted by Gasteiger charge is 2.13. The van der Waals surface area contributed by atoms with Crippen molar-refractivity contribution in [1.82, 2.24) is 9.88 Å². The second-order valence-electron chi connectivity index (χ2n) is 6.02. The molecule has 0 N–H and O–H groups in total. The van der Waals surface area contributed by atoms with Crippen LogP contribution in [0, 0.1) is 18.3 Å². The number of para-hydroxylation sites is 1. The highest BCUT2D eigenvalue weighted by atomic mass is 15.0. The van der Waals surface area contributed by atoms with Gasteiger partial charge in [-0.3, -0.25) is 0 Å². The molecule has 0 saturated heterocycles. The Morgan fingerprint density at radius 3 is 2.39 bits per heavy atom. The molecule has 0 aliphatic rings. The first-order valence-corrected chi connectivity index (χ1v) is 7.63. The third-order valence-electron chi connectivity index (χ3n) is 3.99. The van der Waals surface area contributed by atoms with Gasteiger partial charge >= 0.3 is 0 Å². The van der Waals surface area contributed by atoms with E-state index >= 15 is 0 Å². The summed E-state index contributed by atoms with van der Waals surface area (Å²) in [7, 11) is 4.10. The second kappa shape index (κ2) is 6.20. The van der Waals surface area contributed by atoms with E-state index < -0.39 is 0 Å². The predicted octanol–water partition coefficient (Wildman–Crippen LogP) is 4.14. The fourth-order valence-corrected chi connectivity index (χ4v) is 2.86. The summed E-state index contributed by atoms with van der Waals surface area (Å²) >= 11 is 0. The zero-order chi connectivity index (χ0) is 16.4. The Morgan fingerprint density at radius 2 is 1.74 bits per heavy atom. The van der Waals surface area contributed by atoms with E-state index in [4.69, 9.17) is 4.98 Å². The van der Waals surface area contributed by atoms with Gasteiger partial charge in [-0.05, 0) is 38.2 Å². The van der Waals surface area contributed by atoms with Crippen LogP contribution < -0.4 is 0 Å². The van der Waals surface area contributed by atoms with Gasteiger partial charge in [-0.2, -0.15) is 5.26 Å². The molecule has 0 fully saturated rings. The van der Waals surface area contributed by atoms with Crippen molar-refractivity contribution in [3.05, 3.63) is 65.2 Å². The Labute approximate surface area is 136 Å². The number of pyridine rings is 1. The van der Waals surface area contributed by atoms with E-state index in [2.05, 4.69) is 49.3 Å². The van der Waals surface area contributed by atoms with Gasteiger partial charge in [0.2, 0.25) is 0 Å². The molecule has 1 heterocycles. The van der Waals surface area contributed by atoms with Crippen LogP contribution in [0.1, 0.15) is 16.7 Å². The van der Waals surface area contributed by atoms with Crippen LogP contribution >= 0.6 is 0 Å². The van der Waals surface area contributed by atoms with Crippen LogP contribution in [-0.4, -0.2) is 24.0 Å². The number of rotatable bonds is 3. The first-order valence-electron chi connectivity index (χ1n) is 7.63. The van der Waals surface area contributed by atoms with Crippen molar-refractivity contribution in [1.29, 1.82) is 5.26 Å². The molecule has 1 aromatic heterocycles. The van der Waals surface area contributed by atoms with Gasteiger partial charge in [0.25, 0.3) is 0 Å². The molecule has 0 radical (unpaired) electrons. The van der Waals surface area contributed by atoms with E-state index in [1.165, 1.54) is 5.56 Å². The lowest BCUT2D eigenvalue weighted by molar-refractivity contribution is 0.402. The predicted molar refractivity (Wildman–Crippen MR) is 94.0 cm³/mol. The molecule has 3 aromatic rings. The second-order valence-corrected chi connectivity index (χ2v) is 6.02. The molecule has 0 bridgehead atoms. The number of aromatic nitrogens is 1. The number of hydrogen-bond acceptors (Lipinski definition) is 3. The normalized spacial score (nSPS) is 10.9. The maximum atomic E-state index is 9.60. The van der Waals surface area contributed by atoms with Crippen molar-refractivity contribution < 1.29 is 0 Å². The number of nitriles is 1. The Morgan fingerprint density at radius 1 is 1.04 bits per heavy atom. The lowest BCUT2D eigenvalue weighted by Gasteiger charge is -2.12. The van der Waals surface area contributed by atoms with Gasteiger partial charge in [-0.1, -0.05) is 42.5 Å². The Kier molecular flexibility index (Phi) is 4.10. The molecule has 0 amide bonds. The number of benzene rings is 2. The van der Waals surface area contributed by atoms with E-state index in [1.54, 1.807) is 0 Å². The number of nitrogens with zero attached hydrogens (tertiary/aromatic N) is 3. The topological polar surface area (TPSA) is 39.9 Å². The minimum absolute atomic E-state index is 0.657. The molecule has 0 aliphatic carbocycles. The highest BCUT2D eigenvalue weighted by molar-refractivity contribution is 5.88. The van der Waals surface area contributed by atoms with Crippen molar-refractivity contribution in [2.75, 3.05) is 14.1 Å². The Hall–Kier alpha value is -2.70. The molecular formula is C20H19N3. The quantitative estimate of drug-likeness (QED) is 0.730. The zero-order valence-corrected chi connectivity index (χ0v) is 13.7. The standard InChI is InChI=1S/C20H19N3/c1-14-17-6-4-5-7-19(17)22-20(18(14)12-21)16-10-8-15(9-11-16)13-23(2)3/h4-11H,13H2,1-3H3. The number of fused-ring (bicyclic) bond motifs is 1. The van der Waals surface area contributed by atoms with Crippen LogP contribution in [-0.2, 0) is 6.54 Å². The van der Waals surface area contributed by atoms with Crippen molar-refractivity contribution in [2.45, 2.75) is 13.5 Å². The van der Waals surface area contributed by atoms with Gasteiger partial charge in [0, 0.05) is 17.5 Å². The summed E-state index contributed by atoms with van der Waals surface area (Å²) < 4.78 is 0. The minimum Gasteiger partial charge on any atom is -0.305 e. The minimum atomic E-state index is 0.657. The first-order chi connectivity index (χ1) is 11.1. The largest absolute Gasteiger partial charge is 0.305 e. The molecule has 0 aliphatic heterocycles. The molecule has 0 spiro atoms. The summed E-state index contributed by atoms with van der Waals surface area (Å²) in [5.74, 6) is 0. The molecule has 114 valence electrons. The molecular weight excluding hydrogens is 282 g/mol. The third kappa shape index (κ3) is 2.94. The van der Waals surface area contributed by atoms with Gasteiger partial charge in [-0.15, -0.1) is 0 Å². The van der Waals surface area contributed by atoms with Crippen LogP contribution in [0.5, 0.6) is 0 Å². The van der Waals surface area contributed by atoms with Crippen LogP contribution in [0.15, 0.2) is 48.5 Å². The van der Waals surface area contributed by atoms with Gasteiger partial charge in [0.1, 0.15) is 6.07 Å². The number of aryl methyl sites for hydroxylation is 1. The summed E-state index contributed by atoms with van der Waals surface area (Å²) in [5, 5.41) is 10.6. The molecule has 3 heteroatoms. The van der Waals surface area contributed by atoms with Gasteiger partial charge < -0.3 is 4.90 Å². The van der Waals surface area contributed by atoms with Gasteiger partial charge in [0.15, 0.2) is 0 Å². The molecule has 2 aromatic carbocycles. The summed E-state index contributed by atoms with van der Waals surface area (Å²) in [6.07, 6.45) is 0. The summed E-state index contributed by atoms with van der Waals surface area (Å²) in [6, 6.07) is 18.6. The van der Waals surface area contributed by atoms with Crippen LogP contribution in [0.3, 0.4) is 0 Å². The molecule has 0 unspecified atom stereocenters. The first kappa shape index (κ1) is 15.2. The van der Waals surface area contributed by atoms with Gasteiger partial charge in [-0.25, -0.2) is 4.98 Å². The summed E-state index contributed by atoms with van der Waals surface area (Å²) in [5.41, 5.74) is 5.57. The maximum absolute atomic E-state index is 9.60. The smallest absolute Gasteiger partial charge is 0.102 e. The van der Waals surface area contributed by atoms with Crippen molar-refractivity contribution in [3.8, 4) is 17.3 Å². The average Bonchev–Trinajstić information content (AvgIpc) is 2.55. The molecule has 23 heavy (non-hydrogen) atoms. The van der Waals surface area contributed by atoms with E-state index in [-0.39, 0.29) is 0 Å². The van der Waals surface area contributed by atoms with E-state index in [0.717, 1.165) is 34.3 Å². The van der Waals surface area contributed by atoms with Crippen molar-refractivity contribution in [3.63, 3.8) is 0 Å². The summed E-state index contributed by atoms with van der Waals surface area (Å²) in [6.45, 7) is 2.89. The Bertz CT molecular complexity index is 887. The monoisotopic (exact) mass is 301 g/mol. The lowest BCUT2D eigenvalue weighted by atomic mass is 9.98. The average molecular weight is 301 g/mol. The Balaban J connectivity index is 2.14. The zero-order valence-electron chi connectivity index (χ0n) is 13.7.